The zero-order chi connectivity index (χ0) is 41.5. The predicted octanol–water partition coefficient (Wildman–Crippen LogP) is 13.8. The molecular weight excluding hydrogens is 767 g/mol. The highest BCUT2D eigenvalue weighted by atomic mass is 15.2. The van der Waals surface area contributed by atoms with Crippen LogP contribution in [-0.4, -0.2) is 24.1 Å². The SMILES string of the molecule is c1ccc(-c2nc(-c3ccccc3)nc(-n3c4ccc(-n5c6ccccc6c6ccccc65)cc4c4ccc(C5(c6ccccc6)c6ccccc6-c6ccccc65)cc43)n2)cc1. The number of aromatic nitrogens is 5. The van der Waals surface area contributed by atoms with Crippen LogP contribution in [-0.2, 0) is 5.41 Å². The van der Waals surface area contributed by atoms with Gasteiger partial charge in [0.2, 0.25) is 5.95 Å². The summed E-state index contributed by atoms with van der Waals surface area (Å²) in [4.78, 5) is 15.8. The Kier molecular flexibility index (Phi) is 7.75. The highest BCUT2D eigenvalue weighted by Crippen LogP contribution is 2.56. The zero-order valence-corrected chi connectivity index (χ0v) is 34.1. The number of fused-ring (bicyclic) bond motifs is 9. The first-order chi connectivity index (χ1) is 31.3. The largest absolute Gasteiger partial charge is 0.309 e. The summed E-state index contributed by atoms with van der Waals surface area (Å²) >= 11 is 0. The van der Waals surface area contributed by atoms with Crippen LogP contribution in [0.3, 0.4) is 0 Å². The monoisotopic (exact) mass is 803 g/mol. The lowest BCUT2D eigenvalue weighted by Gasteiger charge is -2.34. The minimum Gasteiger partial charge on any atom is -0.309 e. The molecule has 0 N–H and O–H groups in total. The third-order valence-electron chi connectivity index (χ3n) is 13.1. The van der Waals surface area contributed by atoms with Crippen LogP contribution >= 0.6 is 0 Å². The molecule has 1 aliphatic rings. The minimum absolute atomic E-state index is 0.561. The Morgan fingerprint density at radius 2 is 0.810 bits per heavy atom. The van der Waals surface area contributed by atoms with Crippen LogP contribution in [0.15, 0.2) is 224 Å². The van der Waals surface area contributed by atoms with Crippen LogP contribution in [0.1, 0.15) is 22.3 Å². The molecule has 0 unspecified atom stereocenters. The van der Waals surface area contributed by atoms with Crippen LogP contribution < -0.4 is 0 Å². The molecule has 3 aromatic heterocycles. The summed E-state index contributed by atoms with van der Waals surface area (Å²) in [5, 5.41) is 4.69. The van der Waals surface area contributed by atoms with Gasteiger partial charge in [0.1, 0.15) is 0 Å². The summed E-state index contributed by atoms with van der Waals surface area (Å²) < 4.78 is 4.65. The molecule has 294 valence electrons. The number of hydrogen-bond acceptors (Lipinski definition) is 3. The van der Waals surface area contributed by atoms with E-state index in [2.05, 4.69) is 197 Å². The first-order valence-electron chi connectivity index (χ1n) is 21.5. The van der Waals surface area contributed by atoms with Crippen molar-refractivity contribution in [3.8, 4) is 45.5 Å². The highest BCUT2D eigenvalue weighted by Gasteiger charge is 2.46. The second kappa shape index (κ2) is 13.8. The Bertz CT molecular complexity index is 3580. The standard InChI is InChI=1S/C58H37N5/c1-4-18-38(19-5-1)55-59-56(39-20-6-2-7-21-39)61-57(60-55)63-53-35-33-42(62-51-30-16-12-26-45(51)46-27-13-17-31-52(46)62)37-48(53)47-34-32-41(36-54(47)63)58(40-22-8-3-9-23-40)49-28-14-10-24-43(49)44-25-11-15-29-50(44)58/h1-37H. The topological polar surface area (TPSA) is 48.5 Å². The number of nitrogens with zero attached hydrogens (tertiary/aromatic N) is 5. The molecule has 5 heteroatoms. The van der Waals surface area contributed by atoms with E-state index >= 15 is 0 Å². The first kappa shape index (κ1) is 35.4. The van der Waals surface area contributed by atoms with Crippen molar-refractivity contribution in [1.29, 1.82) is 0 Å². The van der Waals surface area contributed by atoms with Gasteiger partial charge in [0.05, 0.1) is 27.5 Å². The summed E-state index contributed by atoms with van der Waals surface area (Å²) in [7, 11) is 0. The molecule has 0 aliphatic heterocycles. The normalized spacial score (nSPS) is 12.9. The average Bonchev–Trinajstić information content (AvgIpc) is 3.98. The molecule has 0 radical (unpaired) electrons. The van der Waals surface area contributed by atoms with E-state index in [9.17, 15) is 0 Å². The van der Waals surface area contributed by atoms with Crippen LogP contribution in [0.2, 0.25) is 0 Å². The van der Waals surface area contributed by atoms with Gasteiger partial charge in [0.25, 0.3) is 0 Å². The van der Waals surface area contributed by atoms with E-state index in [0.29, 0.717) is 17.6 Å². The third-order valence-corrected chi connectivity index (χ3v) is 13.1. The van der Waals surface area contributed by atoms with Gasteiger partial charge in [-0.25, -0.2) is 4.98 Å². The van der Waals surface area contributed by atoms with Crippen LogP contribution in [0.5, 0.6) is 0 Å². The molecule has 0 saturated carbocycles. The summed E-state index contributed by atoms with van der Waals surface area (Å²) in [6, 6.07) is 80.5. The number of benzene rings is 9. The van der Waals surface area contributed by atoms with Crippen molar-refractivity contribution < 1.29 is 0 Å². The fourth-order valence-corrected chi connectivity index (χ4v) is 10.4. The van der Waals surface area contributed by atoms with Crippen LogP contribution in [0, 0.1) is 0 Å². The van der Waals surface area contributed by atoms with Gasteiger partial charge in [-0.05, 0) is 69.8 Å². The zero-order valence-electron chi connectivity index (χ0n) is 34.1. The van der Waals surface area contributed by atoms with Crippen LogP contribution in [0.25, 0.3) is 89.2 Å². The number of hydrogen-bond donors (Lipinski definition) is 0. The van der Waals surface area contributed by atoms with Gasteiger partial charge in [0.15, 0.2) is 11.6 Å². The first-order valence-corrected chi connectivity index (χ1v) is 21.5. The summed E-state index contributed by atoms with van der Waals surface area (Å²) in [6.07, 6.45) is 0. The maximum absolute atomic E-state index is 5.34. The van der Waals surface area contributed by atoms with E-state index in [1.54, 1.807) is 0 Å². The smallest absolute Gasteiger partial charge is 0.238 e. The summed E-state index contributed by atoms with van der Waals surface area (Å²) in [5.41, 5.74) is 14.2. The van der Waals surface area contributed by atoms with Gasteiger partial charge in [-0.15, -0.1) is 0 Å². The Morgan fingerprint density at radius 1 is 0.317 bits per heavy atom. The number of rotatable bonds is 6. The van der Waals surface area contributed by atoms with E-state index in [-0.39, 0.29) is 0 Å². The van der Waals surface area contributed by atoms with Crippen molar-refractivity contribution in [3.05, 3.63) is 247 Å². The van der Waals surface area contributed by atoms with E-state index < -0.39 is 5.41 Å². The maximum Gasteiger partial charge on any atom is 0.238 e. The van der Waals surface area contributed by atoms with Gasteiger partial charge >= 0.3 is 0 Å². The second-order valence-electron chi connectivity index (χ2n) is 16.4. The highest BCUT2D eigenvalue weighted by molar-refractivity contribution is 6.12. The molecule has 0 bridgehead atoms. The Hall–Kier alpha value is -8.41. The molecule has 3 heterocycles. The van der Waals surface area contributed by atoms with Crippen molar-refractivity contribution >= 4 is 43.6 Å². The van der Waals surface area contributed by atoms with Gasteiger partial charge < -0.3 is 4.57 Å². The molecule has 0 amide bonds. The lowest BCUT2D eigenvalue weighted by molar-refractivity contribution is 0.769. The van der Waals surface area contributed by atoms with Crippen molar-refractivity contribution in [2.45, 2.75) is 5.41 Å². The molecule has 1 aliphatic carbocycles. The molecule has 0 spiro atoms. The Labute approximate surface area is 363 Å². The molecule has 0 atom stereocenters. The minimum atomic E-state index is -0.582. The van der Waals surface area contributed by atoms with E-state index in [4.69, 9.17) is 15.0 Å². The van der Waals surface area contributed by atoms with Gasteiger partial charge in [0, 0.05) is 38.4 Å². The summed E-state index contributed by atoms with van der Waals surface area (Å²) in [5.74, 6) is 1.80. The molecule has 0 fully saturated rings. The fourth-order valence-electron chi connectivity index (χ4n) is 10.4. The van der Waals surface area contributed by atoms with E-state index in [1.165, 1.54) is 55.2 Å². The number of para-hydroxylation sites is 2. The van der Waals surface area contributed by atoms with Crippen molar-refractivity contribution in [2.24, 2.45) is 0 Å². The van der Waals surface area contributed by atoms with Crippen molar-refractivity contribution in [2.75, 3.05) is 0 Å². The van der Waals surface area contributed by atoms with Gasteiger partial charge in [-0.3, -0.25) is 4.57 Å². The third kappa shape index (κ3) is 5.20. The Morgan fingerprint density at radius 3 is 1.41 bits per heavy atom. The fraction of sp³-hybridized carbons (Fsp3) is 0.0172. The lowest BCUT2D eigenvalue weighted by atomic mass is 9.67. The average molecular weight is 804 g/mol. The summed E-state index contributed by atoms with van der Waals surface area (Å²) in [6.45, 7) is 0. The van der Waals surface area contributed by atoms with E-state index in [0.717, 1.165) is 38.6 Å². The maximum atomic E-state index is 5.34. The molecule has 12 aromatic rings. The molecule has 0 saturated heterocycles. The van der Waals surface area contributed by atoms with E-state index in [1.807, 2.05) is 36.4 Å². The lowest BCUT2D eigenvalue weighted by Crippen LogP contribution is -2.28. The Balaban J connectivity index is 1.15. The molecule has 13 rings (SSSR count). The van der Waals surface area contributed by atoms with Crippen molar-refractivity contribution in [1.82, 2.24) is 24.1 Å². The second-order valence-corrected chi connectivity index (χ2v) is 16.4. The van der Waals surface area contributed by atoms with Crippen molar-refractivity contribution in [3.63, 3.8) is 0 Å². The van der Waals surface area contributed by atoms with Gasteiger partial charge in [-0.1, -0.05) is 188 Å². The molecule has 5 nitrogen and oxygen atoms in total. The molecule has 63 heavy (non-hydrogen) atoms. The quantitative estimate of drug-likeness (QED) is 0.168. The molecule has 9 aromatic carbocycles. The van der Waals surface area contributed by atoms with Gasteiger partial charge in [-0.2, -0.15) is 9.97 Å². The van der Waals surface area contributed by atoms with Crippen LogP contribution in [0.4, 0.5) is 0 Å². The molecular formula is C58H37N5. The predicted molar refractivity (Wildman–Crippen MR) is 257 cm³/mol.